The smallest absolute Gasteiger partial charge is 0.164 e. The number of benzene rings is 1. The van der Waals surface area contributed by atoms with Crippen LogP contribution in [0.2, 0.25) is 0 Å². The highest BCUT2D eigenvalue weighted by Gasteiger charge is 2.11. The number of nitrogens with zero attached hydrogens (tertiary/aromatic N) is 1. The van der Waals surface area contributed by atoms with Crippen molar-refractivity contribution in [1.29, 1.82) is 0 Å². The molecular weight excluding hydrogens is 256 g/mol. The summed E-state index contributed by atoms with van der Waals surface area (Å²) in [5, 5.41) is 3.29. The summed E-state index contributed by atoms with van der Waals surface area (Å²) in [5.74, 6) is 2.07. The van der Waals surface area contributed by atoms with E-state index in [0.717, 1.165) is 17.0 Å². The lowest BCUT2D eigenvalue weighted by molar-refractivity contribution is 0.347. The first kappa shape index (κ1) is 14.0. The monoisotopic (exact) mass is 274 g/mol. The molecule has 1 heterocycles. The minimum atomic E-state index is 0.606. The summed E-state index contributed by atoms with van der Waals surface area (Å²) in [6, 6.07) is 7.56. The van der Waals surface area contributed by atoms with Gasteiger partial charge in [0.2, 0.25) is 0 Å². The van der Waals surface area contributed by atoms with Gasteiger partial charge in [0, 0.05) is 30.6 Å². The SMILES string of the molecule is COc1cc(OC)c(OC)cc1CNc1cccnc1. The predicted octanol–water partition coefficient (Wildman–Crippen LogP) is 2.72. The minimum Gasteiger partial charge on any atom is -0.496 e. The fourth-order valence-electron chi connectivity index (χ4n) is 1.90. The van der Waals surface area contributed by atoms with Gasteiger partial charge in [0.25, 0.3) is 0 Å². The Morgan fingerprint density at radius 3 is 2.30 bits per heavy atom. The topological polar surface area (TPSA) is 52.6 Å². The number of methoxy groups -OCH3 is 3. The fraction of sp³-hybridized carbons (Fsp3) is 0.267. The highest BCUT2D eigenvalue weighted by molar-refractivity contribution is 5.52. The molecule has 5 heteroatoms. The first-order chi connectivity index (χ1) is 9.78. The molecule has 20 heavy (non-hydrogen) atoms. The Morgan fingerprint density at radius 2 is 1.70 bits per heavy atom. The molecule has 1 aromatic carbocycles. The number of hydrogen-bond donors (Lipinski definition) is 1. The Labute approximate surface area is 118 Å². The van der Waals surface area contributed by atoms with Crippen molar-refractivity contribution < 1.29 is 14.2 Å². The Bertz CT molecular complexity index is 559. The van der Waals surface area contributed by atoms with Gasteiger partial charge in [-0.1, -0.05) is 0 Å². The molecule has 0 radical (unpaired) electrons. The van der Waals surface area contributed by atoms with E-state index < -0.39 is 0 Å². The molecule has 0 fully saturated rings. The van der Waals surface area contributed by atoms with Crippen molar-refractivity contribution in [2.45, 2.75) is 6.54 Å². The Balaban J connectivity index is 2.21. The number of nitrogens with one attached hydrogen (secondary N) is 1. The van der Waals surface area contributed by atoms with Gasteiger partial charge in [0.1, 0.15) is 5.75 Å². The summed E-state index contributed by atoms with van der Waals surface area (Å²) in [5.41, 5.74) is 1.93. The second kappa shape index (κ2) is 6.65. The second-order valence-electron chi connectivity index (χ2n) is 4.11. The van der Waals surface area contributed by atoms with E-state index in [0.29, 0.717) is 18.0 Å². The summed E-state index contributed by atoms with van der Waals surface area (Å²) in [4.78, 5) is 4.06. The lowest BCUT2D eigenvalue weighted by atomic mass is 10.1. The fourth-order valence-corrected chi connectivity index (χ4v) is 1.90. The van der Waals surface area contributed by atoms with E-state index in [1.165, 1.54) is 0 Å². The number of aromatic nitrogens is 1. The quantitative estimate of drug-likeness (QED) is 0.877. The number of anilines is 1. The third-order valence-electron chi connectivity index (χ3n) is 2.93. The average Bonchev–Trinajstić information content (AvgIpc) is 2.52. The maximum Gasteiger partial charge on any atom is 0.164 e. The van der Waals surface area contributed by atoms with Gasteiger partial charge in [-0.3, -0.25) is 4.98 Å². The molecule has 2 rings (SSSR count). The molecule has 0 aliphatic heterocycles. The molecule has 0 amide bonds. The molecule has 2 aromatic rings. The molecule has 0 unspecified atom stereocenters. The van der Waals surface area contributed by atoms with Gasteiger partial charge in [-0.2, -0.15) is 0 Å². The molecule has 0 aliphatic carbocycles. The van der Waals surface area contributed by atoms with Crippen LogP contribution in [-0.2, 0) is 6.54 Å². The third-order valence-corrected chi connectivity index (χ3v) is 2.93. The third kappa shape index (κ3) is 3.12. The van der Waals surface area contributed by atoms with Crippen molar-refractivity contribution >= 4 is 5.69 Å². The first-order valence-electron chi connectivity index (χ1n) is 6.21. The van der Waals surface area contributed by atoms with Crippen LogP contribution in [0, 0.1) is 0 Å². The van der Waals surface area contributed by atoms with E-state index in [-0.39, 0.29) is 0 Å². The Morgan fingerprint density at radius 1 is 1.00 bits per heavy atom. The van der Waals surface area contributed by atoms with E-state index in [1.54, 1.807) is 33.7 Å². The van der Waals surface area contributed by atoms with Crippen molar-refractivity contribution in [2.75, 3.05) is 26.6 Å². The number of ether oxygens (including phenoxy) is 3. The lowest BCUT2D eigenvalue weighted by Gasteiger charge is -2.14. The summed E-state index contributed by atoms with van der Waals surface area (Å²) >= 11 is 0. The maximum absolute atomic E-state index is 5.38. The van der Waals surface area contributed by atoms with Gasteiger partial charge < -0.3 is 19.5 Å². The zero-order chi connectivity index (χ0) is 14.4. The van der Waals surface area contributed by atoms with Gasteiger partial charge in [0.15, 0.2) is 11.5 Å². The van der Waals surface area contributed by atoms with Crippen LogP contribution < -0.4 is 19.5 Å². The molecule has 5 nitrogen and oxygen atoms in total. The average molecular weight is 274 g/mol. The molecule has 106 valence electrons. The second-order valence-corrected chi connectivity index (χ2v) is 4.11. The van der Waals surface area contributed by atoms with Gasteiger partial charge in [-0.05, 0) is 18.2 Å². The largest absolute Gasteiger partial charge is 0.496 e. The van der Waals surface area contributed by atoms with Gasteiger partial charge in [0.05, 0.1) is 27.0 Å². The van der Waals surface area contributed by atoms with E-state index in [1.807, 2.05) is 24.3 Å². The molecule has 1 N–H and O–H groups in total. The summed E-state index contributed by atoms with van der Waals surface area (Å²) in [6.45, 7) is 0.606. The predicted molar refractivity (Wildman–Crippen MR) is 77.7 cm³/mol. The van der Waals surface area contributed by atoms with E-state index in [9.17, 15) is 0 Å². The van der Waals surface area contributed by atoms with Gasteiger partial charge in [-0.15, -0.1) is 0 Å². The van der Waals surface area contributed by atoms with Crippen LogP contribution in [0.1, 0.15) is 5.56 Å². The Kier molecular flexibility index (Phi) is 4.65. The van der Waals surface area contributed by atoms with Gasteiger partial charge in [-0.25, -0.2) is 0 Å². The van der Waals surface area contributed by atoms with Crippen molar-refractivity contribution in [1.82, 2.24) is 4.98 Å². The molecule has 0 saturated carbocycles. The lowest BCUT2D eigenvalue weighted by Crippen LogP contribution is -2.03. The molecule has 0 aliphatic rings. The molecule has 0 saturated heterocycles. The number of hydrogen-bond acceptors (Lipinski definition) is 5. The van der Waals surface area contributed by atoms with Crippen LogP contribution >= 0.6 is 0 Å². The van der Waals surface area contributed by atoms with Crippen molar-refractivity contribution in [3.8, 4) is 17.2 Å². The van der Waals surface area contributed by atoms with E-state index in [4.69, 9.17) is 14.2 Å². The summed E-state index contributed by atoms with van der Waals surface area (Å²) in [7, 11) is 4.85. The van der Waals surface area contributed by atoms with Crippen LogP contribution in [0.3, 0.4) is 0 Å². The van der Waals surface area contributed by atoms with Crippen LogP contribution in [0.5, 0.6) is 17.2 Å². The van der Waals surface area contributed by atoms with Crippen molar-refractivity contribution in [2.24, 2.45) is 0 Å². The number of rotatable bonds is 6. The molecule has 0 bridgehead atoms. The molecule has 1 aromatic heterocycles. The van der Waals surface area contributed by atoms with Crippen LogP contribution in [0.15, 0.2) is 36.7 Å². The highest BCUT2D eigenvalue weighted by atomic mass is 16.5. The zero-order valence-electron chi connectivity index (χ0n) is 11.8. The molecule has 0 spiro atoms. The van der Waals surface area contributed by atoms with E-state index in [2.05, 4.69) is 10.3 Å². The first-order valence-corrected chi connectivity index (χ1v) is 6.21. The van der Waals surface area contributed by atoms with Crippen molar-refractivity contribution in [3.63, 3.8) is 0 Å². The van der Waals surface area contributed by atoms with Crippen molar-refractivity contribution in [3.05, 3.63) is 42.2 Å². The molecule has 0 atom stereocenters. The minimum absolute atomic E-state index is 0.606. The van der Waals surface area contributed by atoms with Crippen LogP contribution in [0.4, 0.5) is 5.69 Å². The van der Waals surface area contributed by atoms with Gasteiger partial charge >= 0.3 is 0 Å². The summed E-state index contributed by atoms with van der Waals surface area (Å²) in [6.07, 6.45) is 3.51. The van der Waals surface area contributed by atoms with Crippen LogP contribution in [0.25, 0.3) is 0 Å². The van der Waals surface area contributed by atoms with E-state index >= 15 is 0 Å². The Hall–Kier alpha value is -2.43. The summed E-state index contributed by atoms with van der Waals surface area (Å²) < 4.78 is 16.0. The standard InChI is InChI=1S/C15H18N2O3/c1-18-13-8-15(20-3)14(19-2)7-11(13)9-17-12-5-4-6-16-10-12/h4-8,10,17H,9H2,1-3H3. The zero-order valence-corrected chi connectivity index (χ0v) is 11.8. The highest BCUT2D eigenvalue weighted by Crippen LogP contribution is 2.34. The van der Waals surface area contributed by atoms with Crippen LogP contribution in [-0.4, -0.2) is 26.3 Å². The molecular formula is C15H18N2O3. The number of pyridine rings is 1. The normalized spacial score (nSPS) is 9.95. The maximum atomic E-state index is 5.38.